The van der Waals surface area contributed by atoms with Crippen molar-refractivity contribution in [3.63, 3.8) is 0 Å². The molecule has 2 N–H and O–H groups in total. The van der Waals surface area contributed by atoms with Crippen LogP contribution in [-0.2, 0) is 11.2 Å². The van der Waals surface area contributed by atoms with Gasteiger partial charge in [0.1, 0.15) is 0 Å². The molecule has 1 rings (SSSR count). The lowest BCUT2D eigenvalue weighted by atomic mass is 10.1. The minimum atomic E-state index is 0.250. The lowest BCUT2D eigenvalue weighted by Crippen LogP contribution is -1.82. The number of nitrogens with two attached hydrogens (primary N) is 1. The predicted octanol–water partition coefficient (Wildman–Crippen LogP) is 2.69. The molecule has 14 heavy (non-hydrogen) atoms. The van der Waals surface area contributed by atoms with Crippen LogP contribution in [0.25, 0.3) is 0 Å². The van der Waals surface area contributed by atoms with Crippen molar-refractivity contribution in [2.75, 3.05) is 0 Å². The molecule has 2 nitrogen and oxygen atoms in total. The molecule has 0 radical (unpaired) electrons. The molecule has 2 heteroatoms. The molecule has 1 aromatic rings. The first kappa shape index (κ1) is 15.2. The number of hydrogen-bond acceptors (Lipinski definition) is 1. The molecule has 0 fully saturated rings. The Labute approximate surface area is 87.1 Å². The van der Waals surface area contributed by atoms with Crippen molar-refractivity contribution in [3.05, 3.63) is 35.4 Å². The first-order valence-electron chi connectivity index (χ1n) is 4.95. The fraction of sp³-hybridized carbons (Fsp3) is 0.417. The molecule has 1 aromatic carbocycles. The highest BCUT2D eigenvalue weighted by molar-refractivity contribution is 5.42. The van der Waals surface area contributed by atoms with Crippen molar-refractivity contribution in [1.29, 1.82) is 0 Å². The second-order valence-electron chi connectivity index (χ2n) is 2.48. The zero-order valence-corrected chi connectivity index (χ0v) is 9.58. The highest BCUT2D eigenvalue weighted by atomic mass is 16.1. The molecule has 0 heterocycles. The average molecular weight is 195 g/mol. The van der Waals surface area contributed by atoms with Crippen LogP contribution in [0.1, 0.15) is 31.9 Å². The third-order valence-electron chi connectivity index (χ3n) is 1.53. The van der Waals surface area contributed by atoms with E-state index in [0.29, 0.717) is 0 Å². The van der Waals surface area contributed by atoms with Crippen LogP contribution in [0.3, 0.4) is 0 Å². The molecule has 80 valence electrons. The molecular weight excluding hydrogens is 174 g/mol. The number of primary amides is 1. The standard InChI is InChI=1S/C9H12.C2H6.CH3NO/c1-3-9-6-4-8(2)5-7-9;1-2;2-1-3/h4-7H,3H2,1-2H3;1-2H3;1H,(H2,2,3). The van der Waals surface area contributed by atoms with Gasteiger partial charge >= 0.3 is 0 Å². The van der Waals surface area contributed by atoms with Gasteiger partial charge in [0.15, 0.2) is 0 Å². The number of rotatable bonds is 1. The maximum atomic E-state index is 8.58. The summed E-state index contributed by atoms with van der Waals surface area (Å²) in [4.78, 5) is 8.58. The Kier molecular flexibility index (Phi) is 12.7. The predicted molar refractivity (Wildman–Crippen MR) is 62.2 cm³/mol. The summed E-state index contributed by atoms with van der Waals surface area (Å²) in [6.45, 7) is 8.28. The summed E-state index contributed by atoms with van der Waals surface area (Å²) in [7, 11) is 0. The van der Waals surface area contributed by atoms with Crippen LogP contribution < -0.4 is 5.73 Å². The van der Waals surface area contributed by atoms with E-state index in [1.54, 1.807) is 0 Å². The number of aryl methyl sites for hydroxylation is 2. The zero-order valence-electron chi connectivity index (χ0n) is 9.58. The van der Waals surface area contributed by atoms with Gasteiger partial charge in [-0.1, -0.05) is 50.6 Å². The van der Waals surface area contributed by atoms with E-state index in [4.69, 9.17) is 4.79 Å². The Morgan fingerprint density at radius 3 is 1.86 bits per heavy atom. The van der Waals surface area contributed by atoms with Crippen LogP contribution in [0.2, 0.25) is 0 Å². The molecule has 0 spiro atoms. The summed E-state index contributed by atoms with van der Waals surface area (Å²) >= 11 is 0. The highest BCUT2D eigenvalue weighted by Crippen LogP contribution is 2.02. The van der Waals surface area contributed by atoms with Crippen LogP contribution in [0, 0.1) is 6.92 Å². The van der Waals surface area contributed by atoms with Crippen molar-refractivity contribution in [2.45, 2.75) is 34.1 Å². The molecule has 0 aliphatic rings. The Morgan fingerprint density at radius 2 is 1.57 bits per heavy atom. The maximum Gasteiger partial charge on any atom is 0.204 e. The van der Waals surface area contributed by atoms with Crippen LogP contribution >= 0.6 is 0 Å². The number of hydrogen-bond donors (Lipinski definition) is 1. The van der Waals surface area contributed by atoms with Gasteiger partial charge in [-0.15, -0.1) is 0 Å². The number of benzene rings is 1. The number of carbonyl (C=O) groups is 1. The molecule has 0 aliphatic heterocycles. The van der Waals surface area contributed by atoms with Gasteiger partial charge in [0.25, 0.3) is 0 Å². The summed E-state index contributed by atoms with van der Waals surface area (Å²) in [6.07, 6.45) is 1.39. The summed E-state index contributed by atoms with van der Waals surface area (Å²) in [5.41, 5.74) is 6.92. The fourth-order valence-electron chi connectivity index (χ4n) is 0.824. The van der Waals surface area contributed by atoms with Crippen molar-refractivity contribution in [2.24, 2.45) is 5.73 Å². The van der Waals surface area contributed by atoms with Crippen molar-refractivity contribution < 1.29 is 4.79 Å². The summed E-state index contributed by atoms with van der Waals surface area (Å²) in [5, 5.41) is 0. The van der Waals surface area contributed by atoms with Crippen molar-refractivity contribution >= 4 is 6.41 Å². The van der Waals surface area contributed by atoms with Gasteiger partial charge in [-0.05, 0) is 18.9 Å². The SMILES string of the molecule is CC.CCc1ccc(C)cc1.NC=O. The normalized spacial score (nSPS) is 7.43. The summed E-state index contributed by atoms with van der Waals surface area (Å²) in [5.74, 6) is 0. The van der Waals surface area contributed by atoms with Gasteiger partial charge in [0, 0.05) is 0 Å². The molecule has 0 aliphatic carbocycles. The molecule has 1 amide bonds. The van der Waals surface area contributed by atoms with Gasteiger partial charge in [-0.3, -0.25) is 4.79 Å². The Hall–Kier alpha value is -1.31. The molecular formula is C12H21NO. The minimum Gasteiger partial charge on any atom is -0.372 e. The van der Waals surface area contributed by atoms with E-state index in [1.807, 2.05) is 13.8 Å². The van der Waals surface area contributed by atoms with E-state index >= 15 is 0 Å². The van der Waals surface area contributed by atoms with Gasteiger partial charge < -0.3 is 5.73 Å². The van der Waals surface area contributed by atoms with Crippen LogP contribution in [0.15, 0.2) is 24.3 Å². The second-order valence-corrected chi connectivity index (χ2v) is 2.48. The van der Waals surface area contributed by atoms with Crippen LogP contribution in [0.4, 0.5) is 0 Å². The van der Waals surface area contributed by atoms with E-state index in [1.165, 1.54) is 11.1 Å². The van der Waals surface area contributed by atoms with E-state index in [9.17, 15) is 0 Å². The number of carbonyl (C=O) groups excluding carboxylic acids is 1. The fourth-order valence-corrected chi connectivity index (χ4v) is 0.824. The van der Waals surface area contributed by atoms with Gasteiger partial charge in [-0.2, -0.15) is 0 Å². The molecule has 0 aromatic heterocycles. The van der Waals surface area contributed by atoms with E-state index in [0.717, 1.165) is 6.42 Å². The lowest BCUT2D eigenvalue weighted by molar-refractivity contribution is -0.106. The Balaban J connectivity index is 0. The minimum absolute atomic E-state index is 0.250. The first-order valence-corrected chi connectivity index (χ1v) is 4.95. The monoisotopic (exact) mass is 195 g/mol. The summed E-state index contributed by atoms with van der Waals surface area (Å²) < 4.78 is 0. The Bertz CT molecular complexity index is 216. The molecule has 0 unspecified atom stereocenters. The van der Waals surface area contributed by atoms with Crippen molar-refractivity contribution in [1.82, 2.24) is 0 Å². The molecule has 0 saturated carbocycles. The van der Waals surface area contributed by atoms with Crippen LogP contribution in [0.5, 0.6) is 0 Å². The van der Waals surface area contributed by atoms with Gasteiger partial charge in [0.2, 0.25) is 6.41 Å². The molecule has 0 atom stereocenters. The smallest absolute Gasteiger partial charge is 0.204 e. The lowest BCUT2D eigenvalue weighted by Gasteiger charge is -1.94. The quantitative estimate of drug-likeness (QED) is 0.688. The van der Waals surface area contributed by atoms with E-state index in [2.05, 4.69) is 43.8 Å². The van der Waals surface area contributed by atoms with E-state index < -0.39 is 0 Å². The van der Waals surface area contributed by atoms with E-state index in [-0.39, 0.29) is 6.41 Å². The second kappa shape index (κ2) is 11.7. The van der Waals surface area contributed by atoms with Crippen molar-refractivity contribution in [3.8, 4) is 0 Å². The molecule has 0 saturated heterocycles. The first-order chi connectivity index (χ1) is 6.74. The third-order valence-corrected chi connectivity index (χ3v) is 1.53. The van der Waals surface area contributed by atoms with Gasteiger partial charge in [0.05, 0.1) is 0 Å². The number of amides is 1. The highest BCUT2D eigenvalue weighted by Gasteiger charge is 1.84. The Morgan fingerprint density at radius 1 is 1.21 bits per heavy atom. The average Bonchev–Trinajstić information content (AvgIpc) is 2.23. The van der Waals surface area contributed by atoms with Gasteiger partial charge in [-0.25, -0.2) is 0 Å². The third kappa shape index (κ3) is 8.78. The summed E-state index contributed by atoms with van der Waals surface area (Å²) in [6, 6.07) is 8.66. The largest absolute Gasteiger partial charge is 0.372 e. The zero-order chi connectivity index (χ0) is 11.4. The maximum absolute atomic E-state index is 8.58. The topological polar surface area (TPSA) is 43.1 Å². The molecule has 0 bridgehead atoms. The van der Waals surface area contributed by atoms with Crippen LogP contribution in [-0.4, -0.2) is 6.41 Å².